The molecule has 4 rings (SSSR count). The zero-order valence-electron chi connectivity index (χ0n) is 14.2. The fraction of sp³-hybridized carbons (Fsp3) is 0.579. The molecule has 2 aromatic heterocycles. The van der Waals surface area contributed by atoms with E-state index in [1.165, 1.54) is 50.8 Å². The average molecular weight is 325 g/mol. The number of aromatic nitrogens is 3. The summed E-state index contributed by atoms with van der Waals surface area (Å²) in [6.45, 7) is 3.65. The van der Waals surface area contributed by atoms with Crippen molar-refractivity contribution in [3.8, 4) is 0 Å². The zero-order valence-corrected chi connectivity index (χ0v) is 14.2. The van der Waals surface area contributed by atoms with E-state index >= 15 is 0 Å². The van der Waals surface area contributed by atoms with Gasteiger partial charge in [0.25, 0.3) is 0 Å². The highest BCUT2D eigenvalue weighted by atomic mass is 15.2. The first kappa shape index (κ1) is 15.8. The smallest absolute Gasteiger partial charge is 0.127 e. The molecule has 0 radical (unpaired) electrons. The number of rotatable bonds is 6. The third-order valence-corrected chi connectivity index (χ3v) is 5.48. The first-order valence-corrected chi connectivity index (χ1v) is 9.26. The van der Waals surface area contributed by atoms with Crippen LogP contribution in [0.5, 0.6) is 0 Å². The molecule has 2 aliphatic rings. The van der Waals surface area contributed by atoms with Crippen molar-refractivity contribution in [3.63, 3.8) is 0 Å². The Morgan fingerprint density at radius 3 is 2.92 bits per heavy atom. The van der Waals surface area contributed by atoms with Gasteiger partial charge in [0.15, 0.2) is 0 Å². The lowest BCUT2D eigenvalue weighted by Gasteiger charge is -2.23. The highest BCUT2D eigenvalue weighted by Gasteiger charge is 2.29. The Morgan fingerprint density at radius 1 is 1.25 bits per heavy atom. The lowest BCUT2D eigenvalue weighted by Crippen LogP contribution is -2.37. The Balaban J connectivity index is 1.40. The van der Waals surface area contributed by atoms with E-state index in [4.69, 9.17) is 0 Å². The van der Waals surface area contributed by atoms with Crippen LogP contribution < -0.4 is 5.32 Å². The van der Waals surface area contributed by atoms with Crippen LogP contribution in [0.3, 0.4) is 0 Å². The fourth-order valence-corrected chi connectivity index (χ4v) is 4.24. The van der Waals surface area contributed by atoms with E-state index < -0.39 is 0 Å². The molecule has 3 heterocycles. The van der Waals surface area contributed by atoms with Crippen LogP contribution in [0.1, 0.15) is 49.5 Å². The molecule has 1 aliphatic carbocycles. The molecule has 128 valence electrons. The summed E-state index contributed by atoms with van der Waals surface area (Å²) >= 11 is 0. The molecule has 0 amide bonds. The van der Waals surface area contributed by atoms with Gasteiger partial charge in [0.2, 0.25) is 0 Å². The summed E-state index contributed by atoms with van der Waals surface area (Å²) in [5.74, 6) is 1.90. The number of imidazole rings is 1. The molecule has 0 spiro atoms. The summed E-state index contributed by atoms with van der Waals surface area (Å²) in [6.07, 6.45) is 14.4. The first-order chi connectivity index (χ1) is 11.9. The van der Waals surface area contributed by atoms with E-state index in [-0.39, 0.29) is 6.04 Å². The quantitative estimate of drug-likeness (QED) is 0.857. The molecule has 1 saturated carbocycles. The van der Waals surface area contributed by atoms with Gasteiger partial charge in [0, 0.05) is 43.9 Å². The molecule has 1 saturated heterocycles. The van der Waals surface area contributed by atoms with Gasteiger partial charge in [-0.05, 0) is 43.4 Å². The van der Waals surface area contributed by atoms with E-state index in [1.54, 1.807) is 0 Å². The SMILES string of the molecule is c1cncc([C@H](N[C@@H]2CCN(CC3CCCC3)C2)c2ncc[nH]2)c1. The largest absolute Gasteiger partial charge is 0.347 e. The molecule has 2 fully saturated rings. The van der Waals surface area contributed by atoms with Crippen molar-refractivity contribution in [2.75, 3.05) is 19.6 Å². The fourth-order valence-electron chi connectivity index (χ4n) is 4.24. The van der Waals surface area contributed by atoms with Gasteiger partial charge in [0.1, 0.15) is 5.82 Å². The topological polar surface area (TPSA) is 56.8 Å². The molecule has 1 aliphatic heterocycles. The maximum absolute atomic E-state index is 4.48. The first-order valence-electron chi connectivity index (χ1n) is 9.26. The lowest BCUT2D eigenvalue weighted by atomic mass is 10.1. The van der Waals surface area contributed by atoms with Gasteiger partial charge >= 0.3 is 0 Å². The normalized spacial score (nSPS) is 23.8. The monoisotopic (exact) mass is 325 g/mol. The van der Waals surface area contributed by atoms with E-state index in [2.05, 4.69) is 31.2 Å². The van der Waals surface area contributed by atoms with Crippen molar-refractivity contribution < 1.29 is 0 Å². The second-order valence-electron chi connectivity index (χ2n) is 7.26. The molecule has 0 bridgehead atoms. The molecule has 24 heavy (non-hydrogen) atoms. The lowest BCUT2D eigenvalue weighted by molar-refractivity contribution is 0.271. The number of hydrogen-bond acceptors (Lipinski definition) is 4. The molecular formula is C19H27N5. The number of H-pyrrole nitrogens is 1. The number of nitrogens with one attached hydrogen (secondary N) is 2. The van der Waals surface area contributed by atoms with E-state index in [9.17, 15) is 0 Å². The second kappa shape index (κ2) is 7.45. The van der Waals surface area contributed by atoms with Gasteiger partial charge in [-0.25, -0.2) is 4.98 Å². The summed E-state index contributed by atoms with van der Waals surface area (Å²) in [5, 5.41) is 3.81. The molecule has 0 aromatic carbocycles. The molecule has 2 N–H and O–H groups in total. The number of pyridine rings is 1. The van der Waals surface area contributed by atoms with Crippen molar-refractivity contribution >= 4 is 0 Å². The van der Waals surface area contributed by atoms with E-state index in [0.717, 1.165) is 18.3 Å². The minimum Gasteiger partial charge on any atom is -0.347 e. The van der Waals surface area contributed by atoms with Crippen LogP contribution in [0, 0.1) is 5.92 Å². The van der Waals surface area contributed by atoms with Crippen molar-refractivity contribution in [1.29, 1.82) is 0 Å². The maximum atomic E-state index is 4.48. The summed E-state index contributed by atoms with van der Waals surface area (Å²) in [4.78, 5) is 14.7. The highest BCUT2D eigenvalue weighted by molar-refractivity contribution is 5.21. The standard InChI is InChI=1S/C19H27N5/c1-2-5-15(4-1)13-24-11-7-17(14-24)23-18(19-21-9-10-22-19)16-6-3-8-20-12-16/h3,6,8-10,12,15,17-18,23H,1-2,4-5,7,11,13-14H2,(H,21,22)/t17-,18+/m1/s1. The van der Waals surface area contributed by atoms with Crippen molar-refractivity contribution in [1.82, 2.24) is 25.2 Å². The second-order valence-corrected chi connectivity index (χ2v) is 7.26. The third-order valence-electron chi connectivity index (χ3n) is 5.48. The number of hydrogen-bond donors (Lipinski definition) is 2. The van der Waals surface area contributed by atoms with Crippen LogP contribution in [0.4, 0.5) is 0 Å². The molecule has 2 atom stereocenters. The minimum absolute atomic E-state index is 0.0881. The van der Waals surface area contributed by atoms with Crippen LogP contribution in [-0.4, -0.2) is 45.5 Å². The number of nitrogens with zero attached hydrogens (tertiary/aromatic N) is 3. The average Bonchev–Trinajstić information content (AvgIpc) is 3.37. The molecule has 2 aromatic rings. The Kier molecular flexibility index (Phi) is 4.90. The van der Waals surface area contributed by atoms with Crippen LogP contribution in [0.2, 0.25) is 0 Å². The Hall–Kier alpha value is -1.72. The van der Waals surface area contributed by atoms with Crippen molar-refractivity contribution in [3.05, 3.63) is 48.3 Å². The van der Waals surface area contributed by atoms with Crippen molar-refractivity contribution in [2.45, 2.75) is 44.2 Å². The van der Waals surface area contributed by atoms with Gasteiger partial charge in [-0.3, -0.25) is 10.3 Å². The Bertz CT molecular complexity index is 606. The van der Waals surface area contributed by atoms with Crippen molar-refractivity contribution in [2.24, 2.45) is 5.92 Å². The van der Waals surface area contributed by atoms with Crippen LogP contribution in [-0.2, 0) is 0 Å². The summed E-state index contributed by atoms with van der Waals surface area (Å²) in [6, 6.07) is 4.72. The zero-order chi connectivity index (χ0) is 16.2. The summed E-state index contributed by atoms with van der Waals surface area (Å²) < 4.78 is 0. The van der Waals surface area contributed by atoms with Gasteiger partial charge < -0.3 is 9.88 Å². The van der Waals surface area contributed by atoms with Gasteiger partial charge in [-0.15, -0.1) is 0 Å². The summed E-state index contributed by atoms with van der Waals surface area (Å²) in [7, 11) is 0. The maximum Gasteiger partial charge on any atom is 0.127 e. The van der Waals surface area contributed by atoms with Crippen LogP contribution >= 0.6 is 0 Å². The summed E-state index contributed by atoms with van der Waals surface area (Å²) in [5.41, 5.74) is 1.17. The third kappa shape index (κ3) is 3.68. The minimum atomic E-state index is 0.0881. The van der Waals surface area contributed by atoms with Crippen LogP contribution in [0.15, 0.2) is 36.9 Å². The Labute approximate surface area is 143 Å². The number of likely N-dealkylation sites (tertiary alicyclic amines) is 1. The highest BCUT2D eigenvalue weighted by Crippen LogP contribution is 2.27. The van der Waals surface area contributed by atoms with E-state index in [0.29, 0.717) is 6.04 Å². The molecule has 0 unspecified atom stereocenters. The molecule has 5 nitrogen and oxygen atoms in total. The van der Waals surface area contributed by atoms with Gasteiger partial charge in [-0.1, -0.05) is 18.9 Å². The number of aromatic amines is 1. The Morgan fingerprint density at radius 2 is 2.17 bits per heavy atom. The van der Waals surface area contributed by atoms with E-state index in [1.807, 2.05) is 30.9 Å². The molecule has 5 heteroatoms. The predicted molar refractivity (Wildman–Crippen MR) is 94.6 cm³/mol. The van der Waals surface area contributed by atoms with Gasteiger partial charge in [0.05, 0.1) is 6.04 Å². The van der Waals surface area contributed by atoms with Crippen LogP contribution in [0.25, 0.3) is 0 Å². The molecular weight excluding hydrogens is 298 g/mol. The van der Waals surface area contributed by atoms with Gasteiger partial charge in [-0.2, -0.15) is 0 Å². The predicted octanol–water partition coefficient (Wildman–Crippen LogP) is 2.75.